The Balaban J connectivity index is 1.44. The first-order valence-electron chi connectivity index (χ1n) is 12.8. The molecule has 0 spiro atoms. The van der Waals surface area contributed by atoms with Gasteiger partial charge >= 0.3 is 5.97 Å². The zero-order chi connectivity index (χ0) is 24.6. The van der Waals surface area contributed by atoms with E-state index in [1.165, 1.54) is 0 Å². The van der Waals surface area contributed by atoms with Gasteiger partial charge in [0.25, 0.3) is 0 Å². The topological polar surface area (TPSA) is 104 Å². The average Bonchev–Trinajstić information content (AvgIpc) is 3.07. The number of carbonyl (C=O) groups excluding carboxylic acids is 2. The highest BCUT2D eigenvalue weighted by atomic mass is 16.5. The van der Waals surface area contributed by atoms with E-state index < -0.39 is 29.2 Å². The first-order chi connectivity index (χ1) is 16.0. The standard InChI is InChI=1S/C28H38O6/c1-15-13-23(34-25(32)18(15)14-29)16(2)28(33)12-10-19-17-5-6-21-22(30)7-8-24(31)27(21,4)20(17)9-11-26(19,28)3/h6-8,16-17,19-20,22-23,29-30,33H,5,9-14H2,1-4H3/t16-,17+,19+,20+,22+,23-,26+,27-,28+/m1/s1. The number of hydrogen-bond donors (Lipinski definition) is 3. The summed E-state index contributed by atoms with van der Waals surface area (Å²) in [4.78, 5) is 25.6. The van der Waals surface area contributed by atoms with Crippen LogP contribution >= 0.6 is 0 Å². The van der Waals surface area contributed by atoms with Gasteiger partial charge < -0.3 is 20.1 Å². The van der Waals surface area contributed by atoms with Gasteiger partial charge in [0.2, 0.25) is 0 Å². The SMILES string of the molecule is CC1=C(CO)C(=O)O[C@@H]([C@@H](C)[C@@]2(O)CC[C@H]3[C@@H]4CC=C5[C@@H](O)C=CC(=O)[C@]5(C)[C@H]4CC[C@@]32C)C1. The third-order valence-corrected chi connectivity index (χ3v) is 10.9. The van der Waals surface area contributed by atoms with Crippen molar-refractivity contribution < 1.29 is 29.6 Å². The van der Waals surface area contributed by atoms with Gasteiger partial charge in [-0.05, 0) is 86.8 Å². The number of carbonyl (C=O) groups is 2. The van der Waals surface area contributed by atoms with Gasteiger partial charge in [0.1, 0.15) is 6.10 Å². The number of aliphatic hydroxyl groups is 3. The average molecular weight is 471 g/mol. The molecule has 9 atom stereocenters. The predicted octanol–water partition coefficient (Wildman–Crippen LogP) is 3.26. The van der Waals surface area contributed by atoms with Crippen molar-refractivity contribution in [1.82, 2.24) is 0 Å². The lowest BCUT2D eigenvalue weighted by Crippen LogP contribution is -2.59. The molecule has 2 saturated carbocycles. The molecule has 3 N–H and O–H groups in total. The first kappa shape index (κ1) is 24.0. The van der Waals surface area contributed by atoms with Gasteiger partial charge in [-0.2, -0.15) is 0 Å². The Labute approximate surface area is 201 Å². The van der Waals surface area contributed by atoms with Crippen LogP contribution in [0.1, 0.15) is 66.2 Å². The molecule has 0 radical (unpaired) electrons. The van der Waals surface area contributed by atoms with Crippen molar-refractivity contribution in [3.8, 4) is 0 Å². The Bertz CT molecular complexity index is 1010. The van der Waals surface area contributed by atoms with Crippen LogP contribution in [0.5, 0.6) is 0 Å². The molecule has 1 aliphatic heterocycles. The van der Waals surface area contributed by atoms with Gasteiger partial charge in [-0.3, -0.25) is 4.79 Å². The summed E-state index contributed by atoms with van der Waals surface area (Å²) < 4.78 is 5.74. The van der Waals surface area contributed by atoms with Crippen LogP contribution < -0.4 is 0 Å². The lowest BCUT2D eigenvalue weighted by molar-refractivity contribution is -0.182. The van der Waals surface area contributed by atoms with Crippen LogP contribution in [0, 0.1) is 34.5 Å². The van der Waals surface area contributed by atoms with E-state index in [0.29, 0.717) is 18.4 Å². The number of esters is 1. The van der Waals surface area contributed by atoms with Gasteiger partial charge in [-0.25, -0.2) is 4.79 Å². The fourth-order valence-electron chi connectivity index (χ4n) is 8.66. The molecular formula is C28H38O6. The largest absolute Gasteiger partial charge is 0.458 e. The van der Waals surface area contributed by atoms with Gasteiger partial charge in [0.15, 0.2) is 5.78 Å². The Kier molecular flexibility index (Phi) is 5.55. The van der Waals surface area contributed by atoms with E-state index in [1.807, 2.05) is 20.8 Å². The highest BCUT2D eigenvalue weighted by Crippen LogP contribution is 2.68. The first-order valence-corrected chi connectivity index (χ1v) is 12.8. The maximum Gasteiger partial charge on any atom is 0.336 e. The van der Waals surface area contributed by atoms with Gasteiger partial charge in [0, 0.05) is 12.3 Å². The molecule has 0 aromatic carbocycles. The molecule has 0 amide bonds. The normalized spacial score (nSPS) is 46.9. The second-order valence-corrected chi connectivity index (χ2v) is 11.9. The van der Waals surface area contributed by atoms with Crippen LogP contribution in [-0.2, 0) is 14.3 Å². The number of hydrogen-bond acceptors (Lipinski definition) is 6. The third kappa shape index (κ3) is 2.97. The molecule has 6 nitrogen and oxygen atoms in total. The second kappa shape index (κ2) is 7.87. The molecule has 0 unspecified atom stereocenters. The summed E-state index contributed by atoms with van der Waals surface area (Å²) in [5.74, 6) is 0.0427. The lowest BCUT2D eigenvalue weighted by Gasteiger charge is -2.59. The summed E-state index contributed by atoms with van der Waals surface area (Å²) in [7, 11) is 0. The Morgan fingerprint density at radius 1 is 1.18 bits per heavy atom. The summed E-state index contributed by atoms with van der Waals surface area (Å²) in [6, 6.07) is 0. The van der Waals surface area contributed by atoms with Gasteiger partial charge in [-0.15, -0.1) is 0 Å². The molecule has 34 heavy (non-hydrogen) atoms. The minimum absolute atomic E-state index is 0.0834. The van der Waals surface area contributed by atoms with Gasteiger partial charge in [0.05, 0.1) is 29.3 Å². The van der Waals surface area contributed by atoms with Gasteiger partial charge in [-0.1, -0.05) is 25.5 Å². The fraction of sp³-hybridized carbons (Fsp3) is 0.714. The van der Waals surface area contributed by atoms with Crippen LogP contribution in [0.2, 0.25) is 0 Å². The van der Waals surface area contributed by atoms with E-state index in [-0.39, 0.29) is 41.5 Å². The molecule has 6 heteroatoms. The molecule has 0 bridgehead atoms. The quantitative estimate of drug-likeness (QED) is 0.432. The van der Waals surface area contributed by atoms with Crippen LogP contribution in [0.15, 0.2) is 34.9 Å². The number of aliphatic hydroxyl groups excluding tert-OH is 2. The highest BCUT2D eigenvalue weighted by Gasteiger charge is 2.66. The van der Waals surface area contributed by atoms with E-state index >= 15 is 0 Å². The van der Waals surface area contributed by atoms with Crippen LogP contribution in [0.3, 0.4) is 0 Å². The number of ether oxygens (including phenoxy) is 1. The van der Waals surface area contributed by atoms with Crippen LogP contribution in [0.4, 0.5) is 0 Å². The second-order valence-electron chi connectivity index (χ2n) is 11.9. The van der Waals surface area contributed by atoms with Crippen LogP contribution in [-0.4, -0.2) is 51.5 Å². The number of ketones is 1. The molecule has 5 rings (SSSR count). The van der Waals surface area contributed by atoms with Crippen molar-refractivity contribution in [1.29, 1.82) is 0 Å². The predicted molar refractivity (Wildman–Crippen MR) is 126 cm³/mol. The molecule has 186 valence electrons. The van der Waals surface area contributed by atoms with Crippen molar-refractivity contribution in [3.63, 3.8) is 0 Å². The highest BCUT2D eigenvalue weighted by molar-refractivity contribution is 5.99. The molecule has 0 saturated heterocycles. The fourth-order valence-corrected chi connectivity index (χ4v) is 8.66. The van der Waals surface area contributed by atoms with Crippen molar-refractivity contribution in [3.05, 3.63) is 34.9 Å². The van der Waals surface area contributed by atoms with Crippen molar-refractivity contribution >= 4 is 11.8 Å². The maximum absolute atomic E-state index is 13.1. The number of fused-ring (bicyclic) bond motifs is 5. The maximum atomic E-state index is 13.1. The molecule has 0 aromatic rings. The summed E-state index contributed by atoms with van der Waals surface area (Å²) in [6.07, 6.45) is 8.62. The zero-order valence-electron chi connectivity index (χ0n) is 20.7. The molecule has 2 fully saturated rings. The molecule has 1 heterocycles. The van der Waals surface area contributed by atoms with Crippen LogP contribution in [0.25, 0.3) is 0 Å². The van der Waals surface area contributed by atoms with E-state index in [4.69, 9.17) is 4.74 Å². The minimum atomic E-state index is -0.981. The Morgan fingerprint density at radius 3 is 2.56 bits per heavy atom. The number of cyclic esters (lactones) is 1. The third-order valence-electron chi connectivity index (χ3n) is 10.9. The molecule has 0 aromatic heterocycles. The van der Waals surface area contributed by atoms with E-state index in [0.717, 1.165) is 36.8 Å². The van der Waals surface area contributed by atoms with Crippen molar-refractivity contribution in [2.24, 2.45) is 34.5 Å². The molecule has 5 aliphatic rings. The number of allylic oxidation sites excluding steroid dienone is 2. The summed E-state index contributed by atoms with van der Waals surface area (Å²) in [6.45, 7) is 7.74. The monoisotopic (exact) mass is 470 g/mol. The van der Waals surface area contributed by atoms with E-state index in [2.05, 4.69) is 13.0 Å². The minimum Gasteiger partial charge on any atom is -0.458 e. The zero-order valence-corrected chi connectivity index (χ0v) is 20.7. The molecular weight excluding hydrogens is 432 g/mol. The summed E-state index contributed by atoms with van der Waals surface area (Å²) in [5, 5.41) is 32.3. The molecule has 4 aliphatic carbocycles. The lowest BCUT2D eigenvalue weighted by atomic mass is 9.46. The van der Waals surface area contributed by atoms with E-state index in [1.54, 1.807) is 12.2 Å². The summed E-state index contributed by atoms with van der Waals surface area (Å²) >= 11 is 0. The van der Waals surface area contributed by atoms with Crippen molar-refractivity contribution in [2.75, 3.05) is 6.61 Å². The summed E-state index contributed by atoms with van der Waals surface area (Å²) in [5.41, 5.74) is 0.0174. The van der Waals surface area contributed by atoms with Crippen molar-refractivity contribution in [2.45, 2.75) is 84.0 Å². The smallest absolute Gasteiger partial charge is 0.336 e. The Hall–Kier alpha value is -1.76. The Morgan fingerprint density at radius 2 is 1.88 bits per heavy atom. The number of rotatable bonds is 3. The van der Waals surface area contributed by atoms with E-state index in [9.17, 15) is 24.9 Å².